The second-order valence-electron chi connectivity index (χ2n) is 7.18. The van der Waals surface area contributed by atoms with E-state index in [9.17, 15) is 4.79 Å². The summed E-state index contributed by atoms with van der Waals surface area (Å²) in [7, 11) is 5.08. The quantitative estimate of drug-likeness (QED) is 0.497. The van der Waals surface area contributed by atoms with Crippen LogP contribution in [0.4, 0.5) is 0 Å². The smallest absolute Gasteiger partial charge is 0.378 e. The number of carbonyl (C=O) groups excluding carboxylic acids is 1. The molecule has 1 aromatic rings. The zero-order valence-corrected chi connectivity index (χ0v) is 18.5. The van der Waals surface area contributed by atoms with Crippen molar-refractivity contribution in [3.63, 3.8) is 0 Å². The van der Waals surface area contributed by atoms with Gasteiger partial charge in [-0.25, -0.2) is 0 Å². The van der Waals surface area contributed by atoms with E-state index in [0.29, 0.717) is 0 Å². The first kappa shape index (κ1) is 26.6. The van der Waals surface area contributed by atoms with Gasteiger partial charge >= 0.3 is 8.05 Å². The standard InChI is InChI=1S/C20H29BClNO2.2ClH/c1-2-3-4-18(20(24)25-21)11-14-23-12-9-17(10-13-23)15-16-5-7-19(22)8-6-16;;/h5-8,17-18H,2-4,9-15H2,1H3;2*1H. The molecule has 1 heterocycles. The van der Waals surface area contributed by atoms with Crippen molar-refractivity contribution in [1.29, 1.82) is 0 Å². The summed E-state index contributed by atoms with van der Waals surface area (Å²) in [5.74, 6) is 0.421. The molecule has 27 heavy (non-hydrogen) atoms. The van der Waals surface area contributed by atoms with Gasteiger partial charge in [-0.1, -0.05) is 43.5 Å². The molecule has 7 heteroatoms. The summed E-state index contributed by atoms with van der Waals surface area (Å²) in [6, 6.07) is 8.20. The molecule has 0 saturated carbocycles. The van der Waals surface area contributed by atoms with Gasteiger partial charge in [0.15, 0.2) is 0 Å². The van der Waals surface area contributed by atoms with Crippen molar-refractivity contribution >= 4 is 50.4 Å². The number of halogens is 3. The van der Waals surface area contributed by atoms with Crippen molar-refractivity contribution in [2.75, 3.05) is 19.6 Å². The van der Waals surface area contributed by atoms with Crippen molar-refractivity contribution in [3.8, 4) is 0 Å². The monoisotopic (exact) mass is 433 g/mol. The average Bonchev–Trinajstić information content (AvgIpc) is 2.64. The molecule has 0 aliphatic carbocycles. The second kappa shape index (κ2) is 14.6. The minimum Gasteiger partial charge on any atom is -0.543 e. The molecule has 1 saturated heterocycles. The van der Waals surface area contributed by atoms with Crippen LogP contribution in [-0.2, 0) is 15.9 Å². The predicted octanol–water partition coefficient (Wildman–Crippen LogP) is 5.26. The van der Waals surface area contributed by atoms with Gasteiger partial charge in [0.05, 0.1) is 5.92 Å². The van der Waals surface area contributed by atoms with Crippen molar-refractivity contribution in [1.82, 2.24) is 4.90 Å². The zero-order chi connectivity index (χ0) is 18.1. The molecule has 152 valence electrons. The lowest BCUT2D eigenvalue weighted by atomic mass is 9.89. The molecule has 0 bridgehead atoms. The van der Waals surface area contributed by atoms with Gasteiger partial charge in [-0.15, -0.1) is 24.8 Å². The van der Waals surface area contributed by atoms with E-state index < -0.39 is 0 Å². The molecule has 1 atom stereocenters. The average molecular weight is 435 g/mol. The highest BCUT2D eigenvalue weighted by molar-refractivity contribution is 6.30. The van der Waals surface area contributed by atoms with Crippen LogP contribution >= 0.6 is 36.4 Å². The highest BCUT2D eigenvalue weighted by Gasteiger charge is 2.23. The third-order valence-corrected chi connectivity index (χ3v) is 5.55. The maximum atomic E-state index is 11.8. The second-order valence-corrected chi connectivity index (χ2v) is 7.62. The molecular formula is C20H31BCl3NO2. The number of hydrogen-bond acceptors (Lipinski definition) is 3. The molecule has 1 aliphatic heterocycles. The summed E-state index contributed by atoms with van der Waals surface area (Å²) in [5, 5.41) is 0.798. The summed E-state index contributed by atoms with van der Waals surface area (Å²) in [4.78, 5) is 14.3. The Hall–Kier alpha value is -0.415. The number of nitrogens with zero attached hydrogens (tertiary/aromatic N) is 1. The van der Waals surface area contributed by atoms with Crippen LogP contribution in [0.3, 0.4) is 0 Å². The third kappa shape index (κ3) is 9.56. The van der Waals surface area contributed by atoms with Crippen molar-refractivity contribution in [2.24, 2.45) is 11.8 Å². The largest absolute Gasteiger partial charge is 0.543 e. The normalized spacial score (nSPS) is 16.1. The minimum atomic E-state index is -0.258. The van der Waals surface area contributed by atoms with Crippen LogP contribution in [0.15, 0.2) is 24.3 Å². The summed E-state index contributed by atoms with van der Waals surface area (Å²) >= 11 is 5.95. The minimum absolute atomic E-state index is 0. The van der Waals surface area contributed by atoms with Crippen LogP contribution in [-0.4, -0.2) is 38.6 Å². The highest BCUT2D eigenvalue weighted by Crippen LogP contribution is 2.24. The Labute approximate surface area is 182 Å². The van der Waals surface area contributed by atoms with E-state index >= 15 is 0 Å². The predicted molar refractivity (Wildman–Crippen MR) is 118 cm³/mol. The van der Waals surface area contributed by atoms with E-state index in [1.807, 2.05) is 12.1 Å². The molecule has 3 nitrogen and oxygen atoms in total. The molecule has 0 spiro atoms. The lowest BCUT2D eigenvalue weighted by molar-refractivity contribution is -0.139. The Morgan fingerprint density at radius 1 is 1.22 bits per heavy atom. The fourth-order valence-corrected chi connectivity index (χ4v) is 3.76. The van der Waals surface area contributed by atoms with Gasteiger partial charge in [0.2, 0.25) is 0 Å². The van der Waals surface area contributed by atoms with E-state index in [1.165, 1.54) is 18.4 Å². The number of piperidine rings is 1. The molecule has 0 N–H and O–H groups in total. The van der Waals surface area contributed by atoms with Crippen molar-refractivity contribution in [3.05, 3.63) is 34.9 Å². The maximum absolute atomic E-state index is 11.8. The van der Waals surface area contributed by atoms with Gasteiger partial charge < -0.3 is 9.55 Å². The Kier molecular flexibility index (Phi) is 14.3. The number of unbranched alkanes of at least 4 members (excludes halogenated alkanes) is 1. The number of hydrogen-bond donors (Lipinski definition) is 0. The molecule has 0 aromatic heterocycles. The van der Waals surface area contributed by atoms with Crippen LogP contribution in [0.1, 0.15) is 51.0 Å². The summed E-state index contributed by atoms with van der Waals surface area (Å²) in [6.07, 6.45) is 7.40. The topological polar surface area (TPSA) is 29.5 Å². The van der Waals surface area contributed by atoms with Gasteiger partial charge in [0.25, 0.3) is 5.97 Å². The van der Waals surface area contributed by atoms with E-state index in [2.05, 4.69) is 28.6 Å². The maximum Gasteiger partial charge on any atom is 0.378 e. The third-order valence-electron chi connectivity index (χ3n) is 5.29. The number of benzene rings is 1. The lowest BCUT2D eigenvalue weighted by Gasteiger charge is -2.32. The van der Waals surface area contributed by atoms with Gasteiger partial charge in [0.1, 0.15) is 0 Å². The molecule has 2 rings (SSSR count). The van der Waals surface area contributed by atoms with Gasteiger partial charge in [0, 0.05) is 5.02 Å². The molecule has 1 aliphatic rings. The Morgan fingerprint density at radius 3 is 2.41 bits per heavy atom. The van der Waals surface area contributed by atoms with Crippen LogP contribution in [0.25, 0.3) is 0 Å². The van der Waals surface area contributed by atoms with Crippen LogP contribution in [0.5, 0.6) is 0 Å². The van der Waals surface area contributed by atoms with Gasteiger partial charge in [-0.05, 0) is 75.4 Å². The Bertz CT molecular complexity index is 522. The van der Waals surface area contributed by atoms with E-state index in [1.54, 1.807) is 0 Å². The van der Waals surface area contributed by atoms with Crippen LogP contribution in [0.2, 0.25) is 5.02 Å². The summed E-state index contributed by atoms with van der Waals surface area (Å²) < 4.78 is 4.47. The number of carbonyl (C=O) groups is 1. The molecule has 0 amide bonds. The molecule has 1 unspecified atom stereocenters. The molecule has 2 radical (unpaired) electrons. The SMILES string of the molecule is Cl.Cl.[B]OC(=O)C(CCCC)CCN1CCC(Cc2ccc(Cl)cc2)CC1. The van der Waals surface area contributed by atoms with E-state index in [0.717, 1.165) is 62.7 Å². The number of rotatable bonds is 9. The lowest BCUT2D eigenvalue weighted by Crippen LogP contribution is -2.36. The Morgan fingerprint density at radius 2 is 1.85 bits per heavy atom. The van der Waals surface area contributed by atoms with E-state index in [-0.39, 0.29) is 36.7 Å². The fraction of sp³-hybridized carbons (Fsp3) is 0.650. The first-order chi connectivity index (χ1) is 12.1. The molecular weight excluding hydrogens is 403 g/mol. The van der Waals surface area contributed by atoms with Gasteiger partial charge in [-0.2, -0.15) is 0 Å². The summed E-state index contributed by atoms with van der Waals surface area (Å²) in [5.41, 5.74) is 1.37. The van der Waals surface area contributed by atoms with Gasteiger partial charge in [-0.3, -0.25) is 4.79 Å². The number of likely N-dealkylation sites (tertiary alicyclic amines) is 1. The first-order valence-electron chi connectivity index (χ1n) is 9.49. The van der Waals surface area contributed by atoms with Crippen LogP contribution < -0.4 is 0 Å². The highest BCUT2D eigenvalue weighted by atomic mass is 35.5. The van der Waals surface area contributed by atoms with E-state index in [4.69, 9.17) is 19.7 Å². The summed E-state index contributed by atoms with van der Waals surface area (Å²) in [6.45, 7) is 5.31. The van der Waals surface area contributed by atoms with Crippen molar-refractivity contribution < 1.29 is 9.45 Å². The fourth-order valence-electron chi connectivity index (χ4n) is 3.63. The molecule has 1 fully saturated rings. The van der Waals surface area contributed by atoms with Crippen LogP contribution in [0, 0.1) is 11.8 Å². The zero-order valence-electron chi connectivity index (χ0n) is 16.1. The Balaban J connectivity index is 0.00000338. The first-order valence-corrected chi connectivity index (χ1v) is 9.87. The van der Waals surface area contributed by atoms with Crippen molar-refractivity contribution in [2.45, 2.75) is 51.9 Å². The molecule has 1 aromatic carbocycles.